The van der Waals surface area contributed by atoms with Crippen molar-refractivity contribution in [2.45, 2.75) is 31.5 Å². The molecule has 5 nitrogen and oxygen atoms in total. The summed E-state index contributed by atoms with van der Waals surface area (Å²) < 4.78 is 41.5. The van der Waals surface area contributed by atoms with Crippen molar-refractivity contribution >= 4 is 28.3 Å². The van der Waals surface area contributed by atoms with E-state index >= 15 is 0 Å². The van der Waals surface area contributed by atoms with Gasteiger partial charge in [0.25, 0.3) is 5.91 Å². The van der Waals surface area contributed by atoms with E-state index in [1.807, 2.05) is 12.1 Å². The van der Waals surface area contributed by atoms with Crippen molar-refractivity contribution in [3.05, 3.63) is 42.0 Å². The third-order valence-corrected chi connectivity index (χ3v) is 3.91. The molecule has 140 valence electrons. The highest BCUT2D eigenvalue weighted by Crippen LogP contribution is 2.24. The first-order valence-electron chi connectivity index (χ1n) is 7.95. The summed E-state index contributed by atoms with van der Waals surface area (Å²) in [5.74, 6) is -1.45. The van der Waals surface area contributed by atoms with E-state index in [-0.39, 0.29) is 24.1 Å². The molecule has 2 aromatic carbocycles. The fourth-order valence-electron chi connectivity index (χ4n) is 2.59. The summed E-state index contributed by atoms with van der Waals surface area (Å²) in [6.07, 6.45) is -5.87. The molecule has 0 fully saturated rings. The second kappa shape index (κ2) is 8.07. The molecule has 0 radical (unpaired) electrons. The lowest BCUT2D eigenvalue weighted by Crippen LogP contribution is -2.41. The second-order valence-electron chi connectivity index (χ2n) is 5.84. The lowest BCUT2D eigenvalue weighted by atomic mass is 10.0. The number of rotatable bonds is 6. The Balaban J connectivity index is 2.15. The van der Waals surface area contributed by atoms with E-state index in [1.54, 1.807) is 24.3 Å². The number of carbonyl (C=O) groups is 2. The minimum atomic E-state index is -4.33. The number of nitrogens with one attached hydrogen (secondary N) is 1. The first-order valence-corrected chi connectivity index (χ1v) is 7.95. The van der Waals surface area contributed by atoms with Crippen molar-refractivity contribution in [1.29, 1.82) is 0 Å². The van der Waals surface area contributed by atoms with Crippen LogP contribution in [0.2, 0.25) is 0 Å². The number of esters is 1. The van der Waals surface area contributed by atoms with Gasteiger partial charge in [0.2, 0.25) is 0 Å². The number of ether oxygens (including phenoxy) is 1. The molecule has 0 heterocycles. The Morgan fingerprint density at radius 2 is 1.81 bits per heavy atom. The summed E-state index contributed by atoms with van der Waals surface area (Å²) in [7, 11) is 1.11. The fraction of sp³-hybridized carbons (Fsp3) is 0.333. The molecular weight excluding hydrogens is 349 g/mol. The molecule has 1 amide bonds. The lowest BCUT2D eigenvalue weighted by molar-refractivity contribution is -0.145. The van der Waals surface area contributed by atoms with Gasteiger partial charge in [-0.25, -0.2) is 4.79 Å². The molecule has 0 saturated heterocycles. The number of hydrogen-bond acceptors (Lipinski definition) is 4. The van der Waals surface area contributed by atoms with E-state index in [0.29, 0.717) is 0 Å². The van der Waals surface area contributed by atoms with Gasteiger partial charge in [-0.3, -0.25) is 4.79 Å². The Labute approximate surface area is 148 Å². The lowest BCUT2D eigenvalue weighted by Gasteiger charge is -2.18. The van der Waals surface area contributed by atoms with Gasteiger partial charge in [0.1, 0.15) is 6.04 Å². The number of fused-ring (bicyclic) bond motifs is 1. The normalized spacial score (nSPS) is 12.6. The Hall–Kier alpha value is -2.77. The highest BCUT2D eigenvalue weighted by Gasteiger charge is 2.29. The van der Waals surface area contributed by atoms with Gasteiger partial charge in [-0.05, 0) is 35.7 Å². The largest absolute Gasteiger partial charge is 0.467 e. The molecule has 0 aliphatic heterocycles. The van der Waals surface area contributed by atoms with Gasteiger partial charge in [0, 0.05) is 12.1 Å². The molecule has 0 aliphatic rings. The van der Waals surface area contributed by atoms with Crippen LogP contribution in [0.25, 0.3) is 10.8 Å². The fourth-order valence-corrected chi connectivity index (χ4v) is 2.59. The molecule has 2 rings (SSSR count). The Kier molecular flexibility index (Phi) is 6.07. The minimum absolute atomic E-state index is 0.147. The number of hydrogen-bond donors (Lipinski definition) is 2. The van der Waals surface area contributed by atoms with Crippen molar-refractivity contribution in [3.63, 3.8) is 0 Å². The minimum Gasteiger partial charge on any atom is -0.467 e. The number of carbonyl (C=O) groups excluding carboxylic acids is 2. The van der Waals surface area contributed by atoms with Gasteiger partial charge in [-0.2, -0.15) is 13.2 Å². The maximum Gasteiger partial charge on any atom is 0.389 e. The molecule has 0 spiro atoms. The predicted molar refractivity (Wildman–Crippen MR) is 91.5 cm³/mol. The number of halogens is 3. The smallest absolute Gasteiger partial charge is 0.389 e. The SMILES string of the molecule is COC(=O)C(CCCC(F)(F)F)NC(=O)c1cc2ccccc2cc1N. The van der Waals surface area contributed by atoms with Crippen LogP contribution in [0.4, 0.5) is 18.9 Å². The van der Waals surface area contributed by atoms with Crippen LogP contribution in [0.15, 0.2) is 36.4 Å². The summed E-state index contributed by atoms with van der Waals surface area (Å²) in [5.41, 5.74) is 6.26. The van der Waals surface area contributed by atoms with Crippen LogP contribution in [0.5, 0.6) is 0 Å². The maximum absolute atomic E-state index is 12.5. The van der Waals surface area contributed by atoms with Crippen LogP contribution in [0, 0.1) is 0 Å². The van der Waals surface area contributed by atoms with Gasteiger partial charge >= 0.3 is 12.1 Å². The van der Waals surface area contributed by atoms with Gasteiger partial charge in [0.15, 0.2) is 0 Å². The molecule has 0 saturated carbocycles. The second-order valence-corrected chi connectivity index (χ2v) is 5.84. The van der Waals surface area contributed by atoms with E-state index in [4.69, 9.17) is 5.73 Å². The van der Waals surface area contributed by atoms with Crippen molar-refractivity contribution < 1.29 is 27.5 Å². The van der Waals surface area contributed by atoms with Crippen molar-refractivity contribution in [3.8, 4) is 0 Å². The molecule has 2 aromatic rings. The monoisotopic (exact) mass is 368 g/mol. The standard InChI is InChI=1S/C18H19F3N2O3/c1-26-17(25)15(7-4-8-18(19,20)21)23-16(24)13-9-11-5-2-3-6-12(11)10-14(13)22/h2-3,5-6,9-10,15H,4,7-8,22H2,1H3,(H,23,24). The summed E-state index contributed by atoms with van der Waals surface area (Å²) in [4.78, 5) is 24.3. The van der Waals surface area contributed by atoms with Crippen LogP contribution in [-0.4, -0.2) is 31.2 Å². The molecule has 0 bridgehead atoms. The van der Waals surface area contributed by atoms with Crippen molar-refractivity contribution in [1.82, 2.24) is 5.32 Å². The number of anilines is 1. The number of amides is 1. The van der Waals surface area contributed by atoms with Gasteiger partial charge < -0.3 is 15.8 Å². The molecular formula is C18H19F3N2O3. The Morgan fingerprint density at radius 3 is 2.38 bits per heavy atom. The molecule has 0 aliphatic carbocycles. The maximum atomic E-state index is 12.5. The average molecular weight is 368 g/mol. The first-order chi connectivity index (χ1) is 12.2. The Morgan fingerprint density at radius 1 is 1.19 bits per heavy atom. The van der Waals surface area contributed by atoms with E-state index in [0.717, 1.165) is 17.9 Å². The topological polar surface area (TPSA) is 81.4 Å². The molecule has 8 heteroatoms. The number of methoxy groups -OCH3 is 1. The zero-order valence-corrected chi connectivity index (χ0v) is 14.1. The number of benzene rings is 2. The van der Waals surface area contributed by atoms with Gasteiger partial charge in [-0.15, -0.1) is 0 Å². The third-order valence-electron chi connectivity index (χ3n) is 3.91. The zero-order valence-electron chi connectivity index (χ0n) is 14.1. The molecule has 26 heavy (non-hydrogen) atoms. The number of alkyl halides is 3. The summed E-state index contributed by atoms with van der Waals surface area (Å²) >= 11 is 0. The number of nitrogens with two attached hydrogens (primary N) is 1. The predicted octanol–water partition coefficient (Wildman–Crippen LogP) is 3.43. The van der Waals surface area contributed by atoms with E-state index in [9.17, 15) is 22.8 Å². The highest BCUT2D eigenvalue weighted by atomic mass is 19.4. The molecule has 3 N–H and O–H groups in total. The Bertz CT molecular complexity index is 806. The van der Waals surface area contributed by atoms with Crippen LogP contribution in [0.1, 0.15) is 29.6 Å². The summed E-state index contributed by atoms with van der Waals surface area (Å²) in [6, 6.07) is 9.28. The van der Waals surface area contributed by atoms with Crippen LogP contribution in [0.3, 0.4) is 0 Å². The van der Waals surface area contributed by atoms with Crippen LogP contribution < -0.4 is 11.1 Å². The van der Waals surface area contributed by atoms with Crippen LogP contribution in [-0.2, 0) is 9.53 Å². The van der Waals surface area contributed by atoms with Crippen molar-refractivity contribution in [2.75, 3.05) is 12.8 Å². The zero-order chi connectivity index (χ0) is 19.3. The summed E-state index contributed by atoms with van der Waals surface area (Å²) in [5, 5.41) is 4.04. The first kappa shape index (κ1) is 19.6. The van der Waals surface area contributed by atoms with Crippen LogP contribution >= 0.6 is 0 Å². The van der Waals surface area contributed by atoms with Gasteiger partial charge in [0.05, 0.1) is 12.7 Å². The number of nitrogen functional groups attached to an aromatic ring is 1. The highest BCUT2D eigenvalue weighted by molar-refractivity contribution is 6.05. The van der Waals surface area contributed by atoms with Crippen molar-refractivity contribution in [2.24, 2.45) is 0 Å². The van der Waals surface area contributed by atoms with E-state index < -0.39 is 30.5 Å². The molecule has 1 unspecified atom stereocenters. The third kappa shape index (κ3) is 5.11. The van der Waals surface area contributed by atoms with E-state index in [1.165, 1.54) is 0 Å². The molecule has 1 atom stereocenters. The quantitative estimate of drug-likeness (QED) is 0.605. The van der Waals surface area contributed by atoms with E-state index in [2.05, 4.69) is 10.1 Å². The molecule has 0 aromatic heterocycles. The van der Waals surface area contributed by atoms with Gasteiger partial charge in [-0.1, -0.05) is 24.3 Å². The summed E-state index contributed by atoms with van der Waals surface area (Å²) in [6.45, 7) is 0. The average Bonchev–Trinajstić information content (AvgIpc) is 2.58.